The molecule has 104 valence electrons. The highest BCUT2D eigenvalue weighted by molar-refractivity contribution is 9.10. The summed E-state index contributed by atoms with van der Waals surface area (Å²) in [5, 5.41) is 0. The third kappa shape index (κ3) is 3.26. The lowest BCUT2D eigenvalue weighted by atomic mass is 9.87. The fourth-order valence-corrected chi connectivity index (χ4v) is 3.28. The average molecular weight is 324 g/mol. The van der Waals surface area contributed by atoms with Gasteiger partial charge in [-0.2, -0.15) is 0 Å². The van der Waals surface area contributed by atoms with E-state index in [2.05, 4.69) is 34.7 Å². The highest BCUT2D eigenvalue weighted by Gasteiger charge is 2.38. The predicted octanol–water partition coefficient (Wildman–Crippen LogP) is 3.83. The Morgan fingerprint density at radius 1 is 1.37 bits per heavy atom. The molecule has 1 aliphatic rings. The molecule has 0 saturated carbocycles. The fraction of sp³-hybridized carbons (Fsp3) is 0.562. The van der Waals surface area contributed by atoms with Gasteiger partial charge in [0, 0.05) is 10.9 Å². The molecule has 1 fully saturated rings. The van der Waals surface area contributed by atoms with Gasteiger partial charge in [0.15, 0.2) is 5.78 Å². The standard InChI is InChI=1S/C16H22BrNO/c1-3-16(2,18-9-4-5-10-18)15(19)12-13-7-6-8-14(17)11-13/h6-8,11H,3-5,9-10,12H2,1-2H3. The lowest BCUT2D eigenvalue weighted by molar-refractivity contribution is -0.129. The van der Waals surface area contributed by atoms with Gasteiger partial charge in [-0.3, -0.25) is 9.69 Å². The maximum Gasteiger partial charge on any atom is 0.157 e. The number of carbonyl (C=O) groups excluding carboxylic acids is 1. The van der Waals surface area contributed by atoms with Gasteiger partial charge in [0.05, 0.1) is 5.54 Å². The van der Waals surface area contributed by atoms with E-state index >= 15 is 0 Å². The van der Waals surface area contributed by atoms with Gasteiger partial charge in [0.25, 0.3) is 0 Å². The van der Waals surface area contributed by atoms with Crippen LogP contribution in [0, 0.1) is 0 Å². The summed E-state index contributed by atoms with van der Waals surface area (Å²) in [6, 6.07) is 8.06. The van der Waals surface area contributed by atoms with Gasteiger partial charge < -0.3 is 0 Å². The van der Waals surface area contributed by atoms with E-state index < -0.39 is 0 Å². The molecule has 0 radical (unpaired) electrons. The molecule has 1 heterocycles. The summed E-state index contributed by atoms with van der Waals surface area (Å²) in [6.45, 7) is 6.36. The van der Waals surface area contributed by atoms with E-state index in [1.165, 1.54) is 12.8 Å². The summed E-state index contributed by atoms with van der Waals surface area (Å²) in [7, 11) is 0. The van der Waals surface area contributed by atoms with Crippen LogP contribution in [-0.2, 0) is 11.2 Å². The molecule has 0 aliphatic carbocycles. The molecule has 0 N–H and O–H groups in total. The normalized spacial score (nSPS) is 19.3. The first-order valence-corrected chi connectivity index (χ1v) is 7.88. The Morgan fingerprint density at radius 3 is 2.63 bits per heavy atom. The van der Waals surface area contributed by atoms with Crippen LogP contribution in [0.3, 0.4) is 0 Å². The van der Waals surface area contributed by atoms with E-state index in [4.69, 9.17) is 0 Å². The van der Waals surface area contributed by atoms with Crippen LogP contribution in [0.15, 0.2) is 28.7 Å². The zero-order valence-corrected chi connectivity index (χ0v) is 13.4. The number of carbonyl (C=O) groups is 1. The van der Waals surface area contributed by atoms with Gasteiger partial charge >= 0.3 is 0 Å². The molecule has 1 aliphatic heterocycles. The van der Waals surface area contributed by atoms with E-state index in [0.717, 1.165) is 29.5 Å². The Bertz CT molecular complexity index is 454. The second-order valence-corrected chi connectivity index (χ2v) is 6.47. The number of hydrogen-bond acceptors (Lipinski definition) is 2. The van der Waals surface area contributed by atoms with Crippen LogP contribution in [0.25, 0.3) is 0 Å². The topological polar surface area (TPSA) is 20.3 Å². The smallest absolute Gasteiger partial charge is 0.157 e. The number of rotatable bonds is 5. The minimum atomic E-state index is -0.293. The van der Waals surface area contributed by atoms with Crippen LogP contribution < -0.4 is 0 Å². The van der Waals surface area contributed by atoms with Crippen LogP contribution >= 0.6 is 15.9 Å². The molecule has 0 spiro atoms. The van der Waals surface area contributed by atoms with Crippen molar-refractivity contribution in [3.63, 3.8) is 0 Å². The first-order chi connectivity index (χ1) is 9.06. The highest BCUT2D eigenvalue weighted by atomic mass is 79.9. The van der Waals surface area contributed by atoms with E-state index in [1.54, 1.807) is 0 Å². The van der Waals surface area contributed by atoms with Crippen molar-refractivity contribution in [3.05, 3.63) is 34.3 Å². The zero-order chi connectivity index (χ0) is 13.9. The van der Waals surface area contributed by atoms with Gasteiger partial charge in [-0.05, 0) is 57.0 Å². The van der Waals surface area contributed by atoms with Crippen LogP contribution in [0.2, 0.25) is 0 Å². The van der Waals surface area contributed by atoms with Crippen molar-refractivity contribution < 1.29 is 4.79 Å². The molecule has 1 aromatic rings. The summed E-state index contributed by atoms with van der Waals surface area (Å²) >= 11 is 3.46. The number of ketones is 1. The summed E-state index contributed by atoms with van der Waals surface area (Å²) in [5.74, 6) is 0.343. The Kier molecular flexibility index (Phi) is 4.80. The van der Waals surface area contributed by atoms with Crippen molar-refractivity contribution in [3.8, 4) is 0 Å². The molecule has 1 saturated heterocycles. The number of halogens is 1. The monoisotopic (exact) mass is 323 g/mol. The number of benzene rings is 1. The van der Waals surface area contributed by atoms with Gasteiger partial charge in [0.2, 0.25) is 0 Å². The van der Waals surface area contributed by atoms with E-state index in [1.807, 2.05) is 24.3 Å². The first kappa shape index (κ1) is 14.7. The molecule has 0 aromatic heterocycles. The summed E-state index contributed by atoms with van der Waals surface area (Å²) in [4.78, 5) is 15.1. The van der Waals surface area contributed by atoms with Gasteiger partial charge in [-0.1, -0.05) is 35.0 Å². The maximum atomic E-state index is 12.7. The lowest BCUT2D eigenvalue weighted by Gasteiger charge is -2.36. The molecule has 19 heavy (non-hydrogen) atoms. The Balaban J connectivity index is 2.12. The lowest BCUT2D eigenvalue weighted by Crippen LogP contribution is -2.51. The Labute approximate surface area is 124 Å². The van der Waals surface area contributed by atoms with Crippen molar-refractivity contribution >= 4 is 21.7 Å². The molecule has 1 atom stereocenters. The zero-order valence-electron chi connectivity index (χ0n) is 11.8. The number of nitrogens with zero attached hydrogens (tertiary/aromatic N) is 1. The summed E-state index contributed by atoms with van der Waals surface area (Å²) < 4.78 is 1.04. The summed E-state index contributed by atoms with van der Waals surface area (Å²) in [6.07, 6.45) is 3.86. The van der Waals surface area contributed by atoms with Crippen LogP contribution in [0.1, 0.15) is 38.7 Å². The van der Waals surface area contributed by atoms with Crippen LogP contribution in [-0.4, -0.2) is 29.3 Å². The van der Waals surface area contributed by atoms with E-state index in [0.29, 0.717) is 12.2 Å². The third-order valence-electron chi connectivity index (χ3n) is 4.35. The number of likely N-dealkylation sites (tertiary alicyclic amines) is 1. The SMILES string of the molecule is CCC(C)(C(=O)Cc1cccc(Br)c1)N1CCCC1. The molecule has 2 nitrogen and oxygen atoms in total. The molecule has 1 aromatic carbocycles. The molecule has 0 bridgehead atoms. The van der Waals surface area contributed by atoms with Crippen molar-refractivity contribution in [2.24, 2.45) is 0 Å². The molecule has 2 rings (SSSR count). The van der Waals surface area contributed by atoms with Gasteiger partial charge in [0.1, 0.15) is 0 Å². The molecule has 3 heteroatoms. The molecular formula is C16H22BrNO. The Hall–Kier alpha value is -0.670. The van der Waals surface area contributed by atoms with Crippen molar-refractivity contribution in [2.45, 2.75) is 45.1 Å². The minimum Gasteiger partial charge on any atom is -0.297 e. The van der Waals surface area contributed by atoms with E-state index in [9.17, 15) is 4.79 Å². The number of hydrogen-bond donors (Lipinski definition) is 0. The molecule has 0 amide bonds. The third-order valence-corrected chi connectivity index (χ3v) is 4.84. The fourth-order valence-electron chi connectivity index (χ4n) is 2.83. The highest BCUT2D eigenvalue weighted by Crippen LogP contribution is 2.27. The quantitative estimate of drug-likeness (QED) is 0.820. The van der Waals surface area contributed by atoms with Crippen molar-refractivity contribution in [1.82, 2.24) is 4.90 Å². The van der Waals surface area contributed by atoms with Gasteiger partial charge in [-0.25, -0.2) is 0 Å². The largest absolute Gasteiger partial charge is 0.297 e. The van der Waals surface area contributed by atoms with Crippen LogP contribution in [0.4, 0.5) is 0 Å². The average Bonchev–Trinajstić information content (AvgIpc) is 2.92. The Morgan fingerprint density at radius 2 is 2.05 bits per heavy atom. The van der Waals surface area contributed by atoms with Crippen molar-refractivity contribution in [1.29, 1.82) is 0 Å². The van der Waals surface area contributed by atoms with Crippen LogP contribution in [0.5, 0.6) is 0 Å². The van der Waals surface area contributed by atoms with E-state index in [-0.39, 0.29) is 5.54 Å². The number of Topliss-reactive ketones (excluding diaryl/α,β-unsaturated/α-hetero) is 1. The summed E-state index contributed by atoms with van der Waals surface area (Å²) in [5.41, 5.74) is 0.803. The predicted molar refractivity (Wildman–Crippen MR) is 82.4 cm³/mol. The van der Waals surface area contributed by atoms with Gasteiger partial charge in [-0.15, -0.1) is 0 Å². The minimum absolute atomic E-state index is 0.293. The second kappa shape index (κ2) is 6.19. The van der Waals surface area contributed by atoms with Crippen molar-refractivity contribution in [2.75, 3.05) is 13.1 Å². The maximum absolute atomic E-state index is 12.7. The molecular weight excluding hydrogens is 302 g/mol. The second-order valence-electron chi connectivity index (χ2n) is 5.55. The molecule has 1 unspecified atom stereocenters. The first-order valence-electron chi connectivity index (χ1n) is 7.09.